The molecule has 0 heterocycles. The van der Waals surface area contributed by atoms with Crippen LogP contribution < -0.4 is 61.6 Å². The molecule has 1 fully saturated rings. The van der Waals surface area contributed by atoms with Crippen LogP contribution in [0.15, 0.2) is 18.2 Å². The van der Waals surface area contributed by atoms with E-state index < -0.39 is 18.3 Å². The Morgan fingerprint density at radius 2 is 1.79 bits per heavy atom. The molecule has 0 aliphatic heterocycles. The van der Waals surface area contributed by atoms with E-state index in [1.54, 1.807) is 0 Å². The van der Waals surface area contributed by atoms with Gasteiger partial charge in [0.15, 0.2) is 0 Å². The second-order valence-electron chi connectivity index (χ2n) is 4.72. The second-order valence-corrected chi connectivity index (χ2v) is 4.72. The number of hydrogen-bond donors (Lipinski definition) is 0. The average Bonchev–Trinajstić information content (AvgIpc) is 2.77. The smallest absolute Gasteiger partial charge is 0.493 e. The Hall–Kier alpha value is 0.441. The Balaban J connectivity index is 0.00000180. The molecule has 0 unspecified atom stereocenters. The molecule has 0 atom stereocenters. The summed E-state index contributed by atoms with van der Waals surface area (Å²) >= 11 is 0. The van der Waals surface area contributed by atoms with Crippen molar-refractivity contribution >= 4 is 12.4 Å². The molecule has 0 N–H and O–H groups in total. The zero-order valence-electron chi connectivity index (χ0n) is 10.8. The molecule has 7 heteroatoms. The Morgan fingerprint density at radius 1 is 1.16 bits per heavy atom. The van der Waals surface area contributed by atoms with Gasteiger partial charge in [-0.25, -0.2) is 4.39 Å². The van der Waals surface area contributed by atoms with Crippen molar-refractivity contribution in [1.29, 1.82) is 0 Å². The molecule has 1 aromatic carbocycles. The monoisotopic (exact) mass is 300 g/mol. The number of hydrogen-bond acceptors (Lipinski definition) is 1. The molecule has 0 bridgehead atoms. The summed E-state index contributed by atoms with van der Waals surface area (Å²) in [5, 5.41) is 0. The number of rotatable bonds is 4. The van der Waals surface area contributed by atoms with Crippen LogP contribution in [0, 0.1) is 11.7 Å². The predicted octanol–water partition coefficient (Wildman–Crippen LogP) is 0.453. The first-order chi connectivity index (χ1) is 8.47. The normalized spacial score (nSPS) is 16.2. The van der Waals surface area contributed by atoms with Gasteiger partial charge in [0.2, 0.25) is 0 Å². The van der Waals surface area contributed by atoms with Crippen molar-refractivity contribution in [3.05, 3.63) is 24.0 Å². The zero-order valence-corrected chi connectivity index (χ0v) is 14.0. The van der Waals surface area contributed by atoms with Crippen molar-refractivity contribution in [2.24, 2.45) is 5.92 Å². The van der Waals surface area contributed by atoms with Gasteiger partial charge in [-0.2, -0.15) is 0 Å². The summed E-state index contributed by atoms with van der Waals surface area (Å²) in [6.07, 6.45) is 4.48. The van der Waals surface area contributed by atoms with Gasteiger partial charge >= 0.3 is 58.4 Å². The molecule has 0 amide bonds. The van der Waals surface area contributed by atoms with Gasteiger partial charge in [0.25, 0.3) is 0 Å². The quantitative estimate of drug-likeness (QED) is 0.580. The van der Waals surface area contributed by atoms with E-state index in [4.69, 9.17) is 4.74 Å². The molecule has 2 rings (SSSR count). The third kappa shape index (κ3) is 5.04. The SMILES string of the molecule is Fc1cc(OCC2CCCC2)ccc1[B-](F)(F)F.[K+]. The molecule has 0 aromatic heterocycles. The van der Waals surface area contributed by atoms with Gasteiger partial charge in [0.1, 0.15) is 5.75 Å². The van der Waals surface area contributed by atoms with Crippen molar-refractivity contribution in [2.45, 2.75) is 25.7 Å². The summed E-state index contributed by atoms with van der Waals surface area (Å²) in [7, 11) is 0. The van der Waals surface area contributed by atoms with Crippen molar-refractivity contribution in [3.63, 3.8) is 0 Å². The van der Waals surface area contributed by atoms with Crippen LogP contribution >= 0.6 is 0 Å². The molecule has 1 nitrogen and oxygen atoms in total. The van der Waals surface area contributed by atoms with Gasteiger partial charge < -0.3 is 17.7 Å². The Kier molecular flexibility index (Phi) is 6.86. The van der Waals surface area contributed by atoms with Crippen LogP contribution in [0.3, 0.4) is 0 Å². The molecule has 1 saturated carbocycles. The van der Waals surface area contributed by atoms with Crippen LogP contribution in [0.5, 0.6) is 5.75 Å². The van der Waals surface area contributed by atoms with Gasteiger partial charge in [-0.05, 0) is 24.8 Å². The van der Waals surface area contributed by atoms with Crippen LogP contribution in [0.1, 0.15) is 25.7 Å². The van der Waals surface area contributed by atoms with E-state index in [9.17, 15) is 17.3 Å². The van der Waals surface area contributed by atoms with Crippen LogP contribution in [-0.2, 0) is 0 Å². The van der Waals surface area contributed by atoms with Gasteiger partial charge in [0, 0.05) is 6.07 Å². The largest absolute Gasteiger partial charge is 1.00 e. The first kappa shape index (κ1) is 17.5. The summed E-state index contributed by atoms with van der Waals surface area (Å²) in [5.41, 5.74) is -1.19. The van der Waals surface area contributed by atoms with Crippen LogP contribution in [0.2, 0.25) is 0 Å². The summed E-state index contributed by atoms with van der Waals surface area (Å²) in [6, 6.07) is 2.75. The standard InChI is InChI=1S/C12H14BF4O.K/c14-12-7-10(5-6-11(12)13(15,16)17)18-8-9-3-1-2-4-9;/h5-7,9H,1-4,8H2;/q-1;+1. The molecular formula is C12H14BF4KO. The molecule has 1 aromatic rings. The first-order valence-electron chi connectivity index (χ1n) is 6.09. The maximum absolute atomic E-state index is 13.3. The van der Waals surface area contributed by atoms with E-state index in [-0.39, 0.29) is 57.1 Å². The van der Waals surface area contributed by atoms with Crippen molar-refractivity contribution in [2.75, 3.05) is 6.61 Å². The topological polar surface area (TPSA) is 9.23 Å². The van der Waals surface area contributed by atoms with E-state index in [0.717, 1.165) is 37.8 Å². The fourth-order valence-electron chi connectivity index (χ4n) is 2.25. The summed E-state index contributed by atoms with van der Waals surface area (Å²) in [4.78, 5) is 0. The zero-order chi connectivity index (χ0) is 13.2. The number of benzene rings is 1. The minimum absolute atomic E-state index is 0. The van der Waals surface area contributed by atoms with Gasteiger partial charge in [-0.3, -0.25) is 0 Å². The first-order valence-corrected chi connectivity index (χ1v) is 6.09. The van der Waals surface area contributed by atoms with E-state index in [1.807, 2.05) is 0 Å². The van der Waals surface area contributed by atoms with E-state index in [2.05, 4.69) is 0 Å². The molecule has 0 spiro atoms. The molecule has 100 valence electrons. The molecular weight excluding hydrogens is 286 g/mol. The van der Waals surface area contributed by atoms with E-state index >= 15 is 0 Å². The van der Waals surface area contributed by atoms with Crippen LogP contribution in [0.25, 0.3) is 0 Å². The van der Waals surface area contributed by atoms with Crippen LogP contribution in [0.4, 0.5) is 17.3 Å². The minimum atomic E-state index is -5.30. The summed E-state index contributed by atoms with van der Waals surface area (Å²) < 4.78 is 55.8. The molecule has 1 aliphatic rings. The fourth-order valence-corrected chi connectivity index (χ4v) is 2.25. The minimum Gasteiger partial charge on any atom is -0.493 e. The van der Waals surface area contributed by atoms with Gasteiger partial charge in [0.05, 0.1) is 12.4 Å². The summed E-state index contributed by atoms with van der Waals surface area (Å²) in [5.74, 6) is -0.644. The number of halogens is 4. The average molecular weight is 300 g/mol. The predicted molar refractivity (Wildman–Crippen MR) is 62.6 cm³/mol. The third-order valence-corrected chi connectivity index (χ3v) is 3.29. The molecule has 1 aliphatic carbocycles. The number of ether oxygens (including phenoxy) is 1. The van der Waals surface area contributed by atoms with Gasteiger partial charge in [-0.15, -0.1) is 0 Å². The van der Waals surface area contributed by atoms with Crippen molar-refractivity contribution < 1.29 is 73.5 Å². The maximum Gasteiger partial charge on any atom is 1.00 e. The Bertz CT molecular complexity index is 419. The maximum atomic E-state index is 13.3. The fraction of sp³-hybridized carbons (Fsp3) is 0.500. The van der Waals surface area contributed by atoms with Crippen molar-refractivity contribution in [3.8, 4) is 5.75 Å². The van der Waals surface area contributed by atoms with E-state index in [1.165, 1.54) is 6.07 Å². The molecule has 0 saturated heterocycles. The second kappa shape index (κ2) is 7.45. The van der Waals surface area contributed by atoms with Crippen LogP contribution in [-0.4, -0.2) is 13.6 Å². The van der Waals surface area contributed by atoms with Gasteiger partial charge in [-0.1, -0.05) is 24.4 Å². The summed E-state index contributed by atoms with van der Waals surface area (Å²) in [6.45, 7) is -4.84. The molecule has 19 heavy (non-hydrogen) atoms. The molecule has 0 radical (unpaired) electrons. The Labute approximate surface area is 152 Å². The van der Waals surface area contributed by atoms with Crippen molar-refractivity contribution in [1.82, 2.24) is 0 Å². The van der Waals surface area contributed by atoms with E-state index in [0.29, 0.717) is 12.5 Å². The third-order valence-electron chi connectivity index (χ3n) is 3.29. The Morgan fingerprint density at radius 3 is 2.32 bits per heavy atom.